The number of thiazole rings is 1. The summed E-state index contributed by atoms with van der Waals surface area (Å²) in [7, 11) is 0. The second kappa shape index (κ2) is 6.44. The summed E-state index contributed by atoms with van der Waals surface area (Å²) < 4.78 is 0. The van der Waals surface area contributed by atoms with Crippen LogP contribution in [0.3, 0.4) is 0 Å². The zero-order valence-electron chi connectivity index (χ0n) is 14.5. The van der Waals surface area contributed by atoms with Gasteiger partial charge in [-0.25, -0.2) is 4.98 Å². The van der Waals surface area contributed by atoms with Gasteiger partial charge in [-0.1, -0.05) is 37.1 Å². The maximum Gasteiger partial charge on any atom is 0.239 e. The first-order chi connectivity index (χ1) is 12.6. The molecule has 0 saturated carbocycles. The second-order valence-electron chi connectivity index (χ2n) is 6.83. The summed E-state index contributed by atoms with van der Waals surface area (Å²) in [5.41, 5.74) is 3.56. The largest absolute Gasteiger partial charge is 0.273 e. The Hall–Kier alpha value is -2.90. The van der Waals surface area contributed by atoms with Crippen molar-refractivity contribution in [2.45, 2.75) is 19.8 Å². The topological polar surface area (TPSA) is 33.2 Å². The van der Waals surface area contributed by atoms with E-state index in [0.717, 1.165) is 11.3 Å². The number of benzene rings is 2. The van der Waals surface area contributed by atoms with Crippen LogP contribution in [0.2, 0.25) is 0 Å². The van der Waals surface area contributed by atoms with Gasteiger partial charge in [-0.3, -0.25) is 9.69 Å². The molecule has 1 aromatic heterocycles. The SMILES string of the molecule is C#Cc1ccc2c(c1)CC(C)(C(=O)N(c1ccccc1)c1nccs1)C2. The molecule has 0 spiro atoms. The predicted molar refractivity (Wildman–Crippen MR) is 106 cm³/mol. The Morgan fingerprint density at radius 1 is 1.19 bits per heavy atom. The lowest BCUT2D eigenvalue weighted by atomic mass is 9.85. The van der Waals surface area contributed by atoms with Gasteiger partial charge >= 0.3 is 0 Å². The number of nitrogens with zero attached hydrogens (tertiary/aromatic N) is 2. The van der Waals surface area contributed by atoms with Gasteiger partial charge in [-0.2, -0.15) is 0 Å². The third-order valence-electron chi connectivity index (χ3n) is 4.88. The second-order valence-corrected chi connectivity index (χ2v) is 7.71. The minimum absolute atomic E-state index is 0.0668. The molecule has 1 atom stereocenters. The molecule has 4 heteroatoms. The standard InChI is InChI=1S/C22H18N2OS/c1-3-16-9-10-17-14-22(2,15-18(17)13-16)20(25)24(21-23-11-12-26-21)19-7-5-4-6-8-19/h1,4-13H,14-15H2,2H3. The highest BCUT2D eigenvalue weighted by Crippen LogP contribution is 2.41. The van der Waals surface area contributed by atoms with Gasteiger partial charge in [-0.15, -0.1) is 17.8 Å². The fourth-order valence-electron chi connectivity index (χ4n) is 3.60. The number of carbonyl (C=O) groups is 1. The summed E-state index contributed by atoms with van der Waals surface area (Å²) in [4.78, 5) is 19.8. The van der Waals surface area contributed by atoms with E-state index >= 15 is 0 Å². The zero-order valence-corrected chi connectivity index (χ0v) is 15.3. The highest BCUT2D eigenvalue weighted by molar-refractivity contribution is 7.13. The Morgan fingerprint density at radius 2 is 1.96 bits per heavy atom. The van der Waals surface area contributed by atoms with E-state index in [-0.39, 0.29) is 5.91 Å². The van der Waals surface area contributed by atoms with Crippen molar-refractivity contribution in [1.82, 2.24) is 4.98 Å². The van der Waals surface area contributed by atoms with E-state index in [9.17, 15) is 4.79 Å². The molecule has 26 heavy (non-hydrogen) atoms. The molecule has 0 fully saturated rings. The number of terminal acetylenes is 1. The lowest BCUT2D eigenvalue weighted by molar-refractivity contribution is -0.126. The molecule has 0 bridgehead atoms. The van der Waals surface area contributed by atoms with Gasteiger partial charge in [0.15, 0.2) is 5.13 Å². The molecular formula is C22H18N2OS. The van der Waals surface area contributed by atoms with Crippen LogP contribution in [0.4, 0.5) is 10.8 Å². The molecule has 0 aliphatic heterocycles. The van der Waals surface area contributed by atoms with Gasteiger partial charge in [0.1, 0.15) is 0 Å². The number of amides is 1. The van der Waals surface area contributed by atoms with Crippen LogP contribution >= 0.6 is 11.3 Å². The first-order valence-corrected chi connectivity index (χ1v) is 9.36. The number of hydrogen-bond donors (Lipinski definition) is 0. The molecule has 4 rings (SSSR count). The average molecular weight is 358 g/mol. The van der Waals surface area contributed by atoms with Crippen LogP contribution < -0.4 is 4.90 Å². The third kappa shape index (κ3) is 2.81. The van der Waals surface area contributed by atoms with Crippen LogP contribution in [-0.4, -0.2) is 10.9 Å². The molecule has 3 nitrogen and oxygen atoms in total. The van der Waals surface area contributed by atoms with Gasteiger partial charge in [0.2, 0.25) is 5.91 Å². The molecule has 3 aromatic rings. The zero-order chi connectivity index (χ0) is 18.1. The predicted octanol–water partition coefficient (Wildman–Crippen LogP) is 4.59. The monoisotopic (exact) mass is 358 g/mol. The summed E-state index contributed by atoms with van der Waals surface area (Å²) in [5.74, 6) is 2.75. The lowest BCUT2D eigenvalue weighted by Gasteiger charge is -2.30. The number of fused-ring (bicyclic) bond motifs is 1. The normalized spacial score (nSPS) is 18.2. The van der Waals surface area contributed by atoms with E-state index in [1.54, 1.807) is 11.1 Å². The van der Waals surface area contributed by atoms with E-state index in [4.69, 9.17) is 6.42 Å². The maximum atomic E-state index is 13.6. The smallest absolute Gasteiger partial charge is 0.239 e. The van der Waals surface area contributed by atoms with Crippen LogP contribution in [0.25, 0.3) is 0 Å². The summed E-state index contributed by atoms with van der Waals surface area (Å²) in [6.07, 6.45) is 8.65. The van der Waals surface area contributed by atoms with E-state index in [0.29, 0.717) is 18.0 Å². The van der Waals surface area contributed by atoms with Gasteiger partial charge < -0.3 is 0 Å². The van der Waals surface area contributed by atoms with Crippen molar-refractivity contribution in [3.63, 3.8) is 0 Å². The van der Waals surface area contributed by atoms with Crippen LogP contribution in [-0.2, 0) is 17.6 Å². The Morgan fingerprint density at radius 3 is 2.65 bits per heavy atom. The molecule has 1 heterocycles. The molecule has 1 amide bonds. The van der Waals surface area contributed by atoms with Crippen molar-refractivity contribution in [3.8, 4) is 12.3 Å². The summed E-state index contributed by atoms with van der Waals surface area (Å²) >= 11 is 1.47. The maximum absolute atomic E-state index is 13.6. The van der Waals surface area contributed by atoms with Crippen LogP contribution in [0, 0.1) is 17.8 Å². The third-order valence-corrected chi connectivity index (χ3v) is 5.64. The minimum Gasteiger partial charge on any atom is -0.273 e. The highest BCUT2D eigenvalue weighted by Gasteiger charge is 2.43. The van der Waals surface area contributed by atoms with Crippen molar-refractivity contribution in [2.75, 3.05) is 4.90 Å². The lowest BCUT2D eigenvalue weighted by Crippen LogP contribution is -2.40. The molecule has 128 valence electrons. The van der Waals surface area contributed by atoms with Crippen molar-refractivity contribution in [3.05, 3.63) is 76.8 Å². The fourth-order valence-corrected chi connectivity index (χ4v) is 4.25. The first kappa shape index (κ1) is 16.6. The Bertz CT molecular complexity index is 989. The first-order valence-electron chi connectivity index (χ1n) is 8.48. The molecule has 2 aromatic carbocycles. The molecule has 1 unspecified atom stereocenters. The average Bonchev–Trinajstić information content (AvgIpc) is 3.29. The number of carbonyl (C=O) groups excluding carboxylic acids is 1. The molecule has 0 radical (unpaired) electrons. The van der Waals surface area contributed by atoms with E-state index < -0.39 is 5.41 Å². The van der Waals surface area contributed by atoms with Gasteiger partial charge in [0.25, 0.3) is 0 Å². The van der Waals surface area contributed by atoms with Crippen LogP contribution in [0.15, 0.2) is 60.1 Å². The van der Waals surface area contributed by atoms with Crippen molar-refractivity contribution < 1.29 is 4.79 Å². The van der Waals surface area contributed by atoms with Crippen LogP contribution in [0.5, 0.6) is 0 Å². The molecule has 0 N–H and O–H groups in total. The van der Waals surface area contributed by atoms with E-state index in [1.165, 1.54) is 22.5 Å². The quantitative estimate of drug-likeness (QED) is 0.642. The summed E-state index contributed by atoms with van der Waals surface area (Å²) in [6, 6.07) is 15.8. The van der Waals surface area contributed by atoms with E-state index in [1.807, 2.05) is 54.8 Å². The number of anilines is 2. The van der Waals surface area contributed by atoms with Gasteiger partial charge in [0, 0.05) is 17.1 Å². The Kier molecular flexibility index (Phi) is 4.10. The van der Waals surface area contributed by atoms with Crippen molar-refractivity contribution >= 4 is 28.1 Å². The summed E-state index contributed by atoms with van der Waals surface area (Å²) in [5, 5.41) is 2.59. The summed E-state index contributed by atoms with van der Waals surface area (Å²) in [6.45, 7) is 2.04. The Labute approximate surface area is 157 Å². The molecule has 1 aliphatic carbocycles. The number of hydrogen-bond acceptors (Lipinski definition) is 3. The number of para-hydroxylation sites is 1. The van der Waals surface area contributed by atoms with E-state index in [2.05, 4.69) is 17.0 Å². The molecule has 0 saturated heterocycles. The van der Waals surface area contributed by atoms with Crippen molar-refractivity contribution in [1.29, 1.82) is 0 Å². The Balaban J connectivity index is 1.72. The fraction of sp³-hybridized carbons (Fsp3) is 0.182. The van der Waals surface area contributed by atoms with Gasteiger partial charge in [0.05, 0.1) is 11.1 Å². The highest BCUT2D eigenvalue weighted by atomic mass is 32.1. The number of aromatic nitrogens is 1. The van der Waals surface area contributed by atoms with Crippen LogP contribution in [0.1, 0.15) is 23.6 Å². The number of rotatable bonds is 3. The van der Waals surface area contributed by atoms with Gasteiger partial charge in [-0.05, 0) is 48.2 Å². The molecular weight excluding hydrogens is 340 g/mol. The minimum atomic E-state index is -0.517. The van der Waals surface area contributed by atoms with Crippen molar-refractivity contribution in [2.24, 2.45) is 5.41 Å². The molecule has 1 aliphatic rings.